The number of nitrogens with zero attached hydrogens (tertiary/aromatic N) is 1. The first-order valence-electron chi connectivity index (χ1n) is 9.07. The fourth-order valence-corrected chi connectivity index (χ4v) is 4.11. The van der Waals surface area contributed by atoms with E-state index in [9.17, 15) is 4.79 Å². The van der Waals surface area contributed by atoms with Crippen molar-refractivity contribution in [3.05, 3.63) is 64.2 Å². The molecule has 2 aromatic rings. The van der Waals surface area contributed by atoms with Crippen molar-refractivity contribution in [2.24, 2.45) is 5.92 Å². The maximum atomic E-state index is 12.7. The van der Waals surface area contributed by atoms with Crippen molar-refractivity contribution >= 4 is 23.1 Å². The summed E-state index contributed by atoms with van der Waals surface area (Å²) in [5.74, 6) is 0.399. The highest BCUT2D eigenvalue weighted by atomic mass is 35.5. The highest BCUT2D eigenvalue weighted by Gasteiger charge is 2.26. The van der Waals surface area contributed by atoms with Crippen LogP contribution >= 0.6 is 11.6 Å². The summed E-state index contributed by atoms with van der Waals surface area (Å²) in [5.41, 5.74) is 4.94. The van der Waals surface area contributed by atoms with Gasteiger partial charge < -0.3 is 5.32 Å². The van der Waals surface area contributed by atoms with Crippen molar-refractivity contribution in [2.45, 2.75) is 25.8 Å². The maximum Gasteiger partial charge on any atom is 0.166 e. The quantitative estimate of drug-likeness (QED) is 0.826. The molecule has 1 N–H and O–H groups in total. The van der Waals surface area contributed by atoms with Crippen molar-refractivity contribution in [3.8, 4) is 0 Å². The molecule has 0 atom stereocenters. The third-order valence-electron chi connectivity index (χ3n) is 5.41. The lowest BCUT2D eigenvalue weighted by Gasteiger charge is -2.31. The van der Waals surface area contributed by atoms with Gasteiger partial charge in [-0.05, 0) is 67.7 Å². The molecule has 2 heterocycles. The zero-order valence-electron chi connectivity index (χ0n) is 14.3. The highest BCUT2D eigenvalue weighted by molar-refractivity contribution is 6.30. The second-order valence-corrected chi connectivity index (χ2v) is 7.49. The van der Waals surface area contributed by atoms with Crippen LogP contribution in [0.5, 0.6) is 0 Å². The third kappa shape index (κ3) is 3.58. The Morgan fingerprint density at radius 3 is 2.64 bits per heavy atom. The summed E-state index contributed by atoms with van der Waals surface area (Å²) in [5, 5.41) is 4.20. The monoisotopic (exact) mass is 354 g/mol. The molecule has 130 valence electrons. The number of nitrogens with one attached hydrogen (secondary N) is 1. The molecule has 25 heavy (non-hydrogen) atoms. The Bertz CT molecular complexity index is 764. The van der Waals surface area contributed by atoms with E-state index in [1.807, 2.05) is 12.1 Å². The molecule has 0 aromatic heterocycles. The first-order valence-corrected chi connectivity index (χ1v) is 9.45. The van der Waals surface area contributed by atoms with Crippen molar-refractivity contribution in [1.82, 2.24) is 4.90 Å². The van der Waals surface area contributed by atoms with E-state index in [-0.39, 0.29) is 11.7 Å². The van der Waals surface area contributed by atoms with Crippen LogP contribution in [0.4, 0.5) is 5.69 Å². The van der Waals surface area contributed by atoms with E-state index >= 15 is 0 Å². The zero-order valence-corrected chi connectivity index (χ0v) is 15.1. The number of hydrogen-bond donors (Lipinski definition) is 1. The Kier molecular flexibility index (Phi) is 4.78. The molecule has 0 aliphatic carbocycles. The minimum absolute atomic E-state index is 0.136. The van der Waals surface area contributed by atoms with Gasteiger partial charge in [-0.1, -0.05) is 29.8 Å². The van der Waals surface area contributed by atoms with Crippen LogP contribution in [0, 0.1) is 5.92 Å². The molecule has 1 fully saturated rings. The Balaban J connectivity index is 1.36. The van der Waals surface area contributed by atoms with Gasteiger partial charge in [-0.25, -0.2) is 0 Å². The first kappa shape index (κ1) is 16.6. The van der Waals surface area contributed by atoms with Crippen molar-refractivity contribution in [2.75, 3.05) is 25.0 Å². The van der Waals surface area contributed by atoms with Crippen molar-refractivity contribution < 1.29 is 4.79 Å². The number of Topliss-reactive ketones (excluding diaryl/α,β-unsaturated/α-hetero) is 1. The summed E-state index contributed by atoms with van der Waals surface area (Å²) in [7, 11) is 0. The predicted molar refractivity (Wildman–Crippen MR) is 102 cm³/mol. The minimum Gasteiger partial charge on any atom is -0.384 e. The van der Waals surface area contributed by atoms with Crippen LogP contribution in [0.1, 0.15) is 34.3 Å². The van der Waals surface area contributed by atoms with Gasteiger partial charge in [0.15, 0.2) is 5.78 Å². The standard InChI is InChI=1S/C21H23ClN2O/c22-19-6-4-16(5-7-19)21(25)17-9-12-24(13-10-17)14-18-3-1-2-15-8-11-23-20(15)18/h1-7,17,23H,8-14H2. The molecule has 0 saturated carbocycles. The van der Waals surface area contributed by atoms with Gasteiger partial charge in [0.2, 0.25) is 0 Å². The molecule has 0 unspecified atom stereocenters. The Labute approximate surface area is 154 Å². The van der Waals surface area contributed by atoms with Gasteiger partial charge in [-0.2, -0.15) is 0 Å². The maximum absolute atomic E-state index is 12.7. The number of hydrogen-bond acceptors (Lipinski definition) is 3. The average molecular weight is 355 g/mol. The van der Waals surface area contributed by atoms with Crippen LogP contribution in [0.3, 0.4) is 0 Å². The van der Waals surface area contributed by atoms with E-state index < -0.39 is 0 Å². The Hall–Kier alpha value is -1.84. The Morgan fingerprint density at radius 1 is 1.12 bits per heavy atom. The average Bonchev–Trinajstić information content (AvgIpc) is 3.12. The molecule has 0 amide bonds. The van der Waals surface area contributed by atoms with Gasteiger partial charge >= 0.3 is 0 Å². The number of carbonyl (C=O) groups is 1. The Morgan fingerprint density at radius 2 is 1.88 bits per heavy atom. The van der Waals surface area contributed by atoms with E-state index in [4.69, 9.17) is 11.6 Å². The molecule has 0 spiro atoms. The molecule has 3 nitrogen and oxygen atoms in total. The van der Waals surface area contributed by atoms with Crippen LogP contribution in [-0.4, -0.2) is 30.3 Å². The molecule has 2 aromatic carbocycles. The zero-order chi connectivity index (χ0) is 17.2. The van der Waals surface area contributed by atoms with E-state index in [2.05, 4.69) is 28.4 Å². The van der Waals surface area contributed by atoms with Crippen LogP contribution in [0.15, 0.2) is 42.5 Å². The minimum atomic E-state index is 0.136. The molecule has 0 bridgehead atoms. The number of anilines is 1. The normalized spacial score (nSPS) is 18.0. The van der Waals surface area contributed by atoms with Crippen molar-refractivity contribution in [1.29, 1.82) is 0 Å². The van der Waals surface area contributed by atoms with Crippen molar-refractivity contribution in [3.63, 3.8) is 0 Å². The summed E-state index contributed by atoms with van der Waals surface area (Å²) in [4.78, 5) is 15.1. The number of halogens is 1. The van der Waals surface area contributed by atoms with Gasteiger partial charge in [0.1, 0.15) is 0 Å². The van der Waals surface area contributed by atoms with E-state index in [0.29, 0.717) is 5.02 Å². The number of para-hydroxylation sites is 1. The van der Waals surface area contributed by atoms with Crippen LogP contribution in [0.25, 0.3) is 0 Å². The molecule has 1 saturated heterocycles. The summed E-state index contributed by atoms with van der Waals surface area (Å²) in [6, 6.07) is 13.9. The highest BCUT2D eigenvalue weighted by Crippen LogP contribution is 2.29. The molecule has 2 aliphatic rings. The van der Waals surface area contributed by atoms with Gasteiger partial charge in [-0.3, -0.25) is 9.69 Å². The number of benzene rings is 2. The largest absolute Gasteiger partial charge is 0.384 e. The topological polar surface area (TPSA) is 32.3 Å². The lowest BCUT2D eigenvalue weighted by atomic mass is 9.88. The second-order valence-electron chi connectivity index (χ2n) is 7.05. The number of rotatable bonds is 4. The molecule has 2 aliphatic heterocycles. The van der Waals surface area contributed by atoms with Crippen LogP contribution < -0.4 is 5.32 Å². The fraction of sp³-hybridized carbons (Fsp3) is 0.381. The number of piperidine rings is 1. The number of ketones is 1. The number of fused-ring (bicyclic) bond motifs is 1. The lowest BCUT2D eigenvalue weighted by Crippen LogP contribution is -2.36. The van der Waals surface area contributed by atoms with Gasteiger partial charge in [0.25, 0.3) is 0 Å². The van der Waals surface area contributed by atoms with Gasteiger partial charge in [0.05, 0.1) is 0 Å². The fourth-order valence-electron chi connectivity index (χ4n) is 3.99. The van der Waals surface area contributed by atoms with Gasteiger partial charge in [0, 0.05) is 35.3 Å². The number of carbonyl (C=O) groups excluding carboxylic acids is 1. The SMILES string of the molecule is O=C(c1ccc(Cl)cc1)C1CCN(Cc2cccc3c2NCC3)CC1. The smallest absolute Gasteiger partial charge is 0.166 e. The molecular weight excluding hydrogens is 332 g/mol. The van der Waals surface area contributed by atoms with E-state index in [1.54, 1.807) is 12.1 Å². The molecule has 0 radical (unpaired) electrons. The van der Waals surface area contributed by atoms with E-state index in [0.717, 1.165) is 51.0 Å². The third-order valence-corrected chi connectivity index (χ3v) is 5.67. The van der Waals surface area contributed by atoms with Crippen LogP contribution in [0.2, 0.25) is 5.02 Å². The summed E-state index contributed by atoms with van der Waals surface area (Å²) < 4.78 is 0. The number of likely N-dealkylation sites (tertiary alicyclic amines) is 1. The van der Waals surface area contributed by atoms with Crippen LogP contribution in [-0.2, 0) is 13.0 Å². The first-order chi connectivity index (χ1) is 12.2. The summed E-state index contributed by atoms with van der Waals surface area (Å²) >= 11 is 5.92. The predicted octanol–water partition coefficient (Wildman–Crippen LogP) is 4.40. The summed E-state index contributed by atoms with van der Waals surface area (Å²) in [6.07, 6.45) is 2.99. The molecule has 4 rings (SSSR count). The molecule has 4 heteroatoms. The summed E-state index contributed by atoms with van der Waals surface area (Å²) in [6.45, 7) is 3.98. The van der Waals surface area contributed by atoms with E-state index in [1.165, 1.54) is 16.8 Å². The second kappa shape index (κ2) is 7.19. The van der Waals surface area contributed by atoms with Gasteiger partial charge in [-0.15, -0.1) is 0 Å². The molecular formula is C21H23ClN2O. The lowest BCUT2D eigenvalue weighted by molar-refractivity contribution is 0.0835.